The van der Waals surface area contributed by atoms with Gasteiger partial charge in [0, 0.05) is 11.1 Å². The first-order valence-electron chi connectivity index (χ1n) is 5.81. The Morgan fingerprint density at radius 1 is 1.42 bits per heavy atom. The van der Waals surface area contributed by atoms with E-state index in [9.17, 15) is 9.90 Å². The molecule has 0 spiro atoms. The molecule has 0 aliphatic heterocycles. The van der Waals surface area contributed by atoms with E-state index in [0.29, 0.717) is 17.4 Å². The molecular weight excluding hydrogens is 266 g/mol. The molecular formula is C13H14ClN3O2. The van der Waals surface area contributed by atoms with Gasteiger partial charge in [-0.1, -0.05) is 23.7 Å². The van der Waals surface area contributed by atoms with Crippen molar-refractivity contribution in [3.8, 4) is 0 Å². The summed E-state index contributed by atoms with van der Waals surface area (Å²) < 4.78 is 1.64. The molecule has 0 saturated heterocycles. The highest BCUT2D eigenvalue weighted by atomic mass is 35.5. The van der Waals surface area contributed by atoms with Gasteiger partial charge in [-0.05, 0) is 24.6 Å². The van der Waals surface area contributed by atoms with Gasteiger partial charge in [0.2, 0.25) is 0 Å². The first kappa shape index (κ1) is 13.6. The fraction of sp³-hybridized carbons (Fsp3) is 0.231. The molecule has 5 nitrogen and oxygen atoms in total. The molecule has 1 aromatic heterocycles. The molecule has 0 bridgehead atoms. The Morgan fingerprint density at radius 3 is 2.74 bits per heavy atom. The molecule has 1 aromatic carbocycles. The highest BCUT2D eigenvalue weighted by molar-refractivity contribution is 6.30. The van der Waals surface area contributed by atoms with Crippen molar-refractivity contribution in [2.24, 2.45) is 0 Å². The van der Waals surface area contributed by atoms with Gasteiger partial charge in [-0.3, -0.25) is 4.79 Å². The van der Waals surface area contributed by atoms with E-state index in [1.807, 2.05) is 12.1 Å². The highest BCUT2D eigenvalue weighted by Crippen LogP contribution is 2.13. The number of aromatic nitrogens is 2. The summed E-state index contributed by atoms with van der Waals surface area (Å²) in [6, 6.07) is 9.06. The minimum Gasteiger partial charge on any atom is -0.384 e. The number of hydrogen-bond donors (Lipinski definition) is 2. The van der Waals surface area contributed by atoms with Crippen LogP contribution in [0.3, 0.4) is 0 Å². The third-order valence-corrected chi connectivity index (χ3v) is 2.84. The van der Waals surface area contributed by atoms with Crippen LogP contribution in [-0.2, 0) is 11.3 Å². The number of carbonyl (C=O) groups excluding carboxylic acids is 1. The van der Waals surface area contributed by atoms with E-state index >= 15 is 0 Å². The lowest BCUT2D eigenvalue weighted by atomic mass is 10.2. The molecule has 0 radical (unpaired) electrons. The zero-order chi connectivity index (χ0) is 13.8. The smallest absolute Gasteiger partial charge is 0.254 e. The number of carbonyl (C=O) groups is 1. The predicted molar refractivity (Wildman–Crippen MR) is 73.1 cm³/mol. The quantitative estimate of drug-likeness (QED) is 0.898. The number of hydrogen-bond acceptors (Lipinski definition) is 3. The lowest BCUT2D eigenvalue weighted by Gasteiger charge is -2.10. The Labute approximate surface area is 115 Å². The van der Waals surface area contributed by atoms with Crippen LogP contribution in [0.2, 0.25) is 5.02 Å². The van der Waals surface area contributed by atoms with Gasteiger partial charge in [0.25, 0.3) is 5.91 Å². The van der Waals surface area contributed by atoms with Gasteiger partial charge in [-0.15, -0.1) is 0 Å². The lowest BCUT2D eigenvalue weighted by Crippen LogP contribution is -2.26. The van der Waals surface area contributed by atoms with Crippen molar-refractivity contribution in [3.63, 3.8) is 0 Å². The second kappa shape index (κ2) is 5.86. The first-order chi connectivity index (χ1) is 9.06. The first-order valence-corrected chi connectivity index (χ1v) is 6.19. The molecule has 6 heteroatoms. The maximum absolute atomic E-state index is 11.4. The zero-order valence-electron chi connectivity index (χ0n) is 10.4. The van der Waals surface area contributed by atoms with Crippen LogP contribution in [0.25, 0.3) is 0 Å². The summed E-state index contributed by atoms with van der Waals surface area (Å²) in [6.45, 7) is 1.93. The molecule has 0 aliphatic rings. The Bertz CT molecular complexity index is 564. The van der Waals surface area contributed by atoms with Gasteiger partial charge >= 0.3 is 0 Å². The topological polar surface area (TPSA) is 67.2 Å². The monoisotopic (exact) mass is 279 g/mol. The van der Waals surface area contributed by atoms with E-state index in [1.165, 1.54) is 6.92 Å². The summed E-state index contributed by atoms with van der Waals surface area (Å²) in [5.41, 5.74) is 1.01. The van der Waals surface area contributed by atoms with Gasteiger partial charge in [0.05, 0.1) is 12.7 Å². The van der Waals surface area contributed by atoms with E-state index in [1.54, 1.807) is 29.1 Å². The van der Waals surface area contributed by atoms with E-state index in [4.69, 9.17) is 11.6 Å². The van der Waals surface area contributed by atoms with Gasteiger partial charge < -0.3 is 10.4 Å². The molecule has 100 valence electrons. The van der Waals surface area contributed by atoms with Crippen LogP contribution in [0.15, 0.2) is 36.5 Å². The molecule has 2 aromatic rings. The summed E-state index contributed by atoms with van der Waals surface area (Å²) in [5.74, 6) is 0.0821. The summed E-state index contributed by atoms with van der Waals surface area (Å²) in [4.78, 5) is 11.4. The number of amides is 1. The van der Waals surface area contributed by atoms with Gasteiger partial charge in [-0.25, -0.2) is 4.68 Å². The average molecular weight is 280 g/mol. The van der Waals surface area contributed by atoms with Crippen LogP contribution in [0.1, 0.15) is 12.5 Å². The normalized spacial score (nSPS) is 12.2. The Balaban J connectivity index is 2.11. The molecule has 2 N–H and O–H groups in total. The number of nitrogens with zero attached hydrogens (tertiary/aromatic N) is 2. The van der Waals surface area contributed by atoms with Crippen LogP contribution >= 0.6 is 11.6 Å². The molecule has 0 aliphatic carbocycles. The summed E-state index contributed by atoms with van der Waals surface area (Å²) in [5, 5.41) is 16.6. The number of aliphatic hydroxyl groups is 1. The Hall–Kier alpha value is -1.85. The van der Waals surface area contributed by atoms with E-state index < -0.39 is 12.0 Å². The number of anilines is 1. The van der Waals surface area contributed by atoms with Gasteiger partial charge in [-0.2, -0.15) is 5.10 Å². The molecule has 1 unspecified atom stereocenters. The fourth-order valence-electron chi connectivity index (χ4n) is 1.56. The molecule has 1 atom stereocenters. The average Bonchev–Trinajstić information content (AvgIpc) is 2.79. The van der Waals surface area contributed by atoms with Crippen molar-refractivity contribution in [1.29, 1.82) is 0 Å². The molecule has 2 rings (SSSR count). The zero-order valence-corrected chi connectivity index (χ0v) is 11.1. The van der Waals surface area contributed by atoms with Crippen LogP contribution in [-0.4, -0.2) is 26.9 Å². The summed E-state index contributed by atoms with van der Waals surface area (Å²) in [7, 11) is 0. The van der Waals surface area contributed by atoms with E-state index in [2.05, 4.69) is 10.4 Å². The summed E-state index contributed by atoms with van der Waals surface area (Å²) >= 11 is 5.82. The van der Waals surface area contributed by atoms with E-state index in [-0.39, 0.29) is 0 Å². The standard InChI is InChI=1S/C13H14ClN3O2/c1-9(18)13(19)16-12-6-7-15-17(12)8-10-2-4-11(14)5-3-10/h2-7,9,18H,8H2,1H3,(H,16,19). The second-order valence-corrected chi connectivity index (χ2v) is 4.60. The van der Waals surface area contributed by atoms with Crippen molar-refractivity contribution in [3.05, 3.63) is 47.1 Å². The number of rotatable bonds is 4. The number of aliphatic hydroxyl groups excluding tert-OH is 1. The molecule has 1 heterocycles. The minimum atomic E-state index is -1.06. The van der Waals surface area contributed by atoms with Gasteiger partial charge in [0.15, 0.2) is 0 Å². The second-order valence-electron chi connectivity index (χ2n) is 4.17. The highest BCUT2D eigenvalue weighted by Gasteiger charge is 2.11. The van der Waals surface area contributed by atoms with Crippen LogP contribution in [0, 0.1) is 0 Å². The predicted octanol–water partition coefficient (Wildman–Crippen LogP) is 1.90. The molecule has 0 fully saturated rings. The largest absolute Gasteiger partial charge is 0.384 e. The SMILES string of the molecule is CC(O)C(=O)Nc1ccnn1Cc1ccc(Cl)cc1. The third kappa shape index (κ3) is 3.56. The fourth-order valence-corrected chi connectivity index (χ4v) is 1.68. The number of nitrogens with one attached hydrogen (secondary N) is 1. The van der Waals surface area contributed by atoms with Gasteiger partial charge in [0.1, 0.15) is 11.9 Å². The molecule has 0 saturated carbocycles. The number of benzene rings is 1. The van der Waals surface area contributed by atoms with Crippen molar-refractivity contribution < 1.29 is 9.90 Å². The number of halogens is 1. The molecule has 1 amide bonds. The maximum atomic E-state index is 11.4. The Morgan fingerprint density at radius 2 is 2.11 bits per heavy atom. The van der Waals surface area contributed by atoms with Crippen molar-refractivity contribution in [2.45, 2.75) is 19.6 Å². The van der Waals surface area contributed by atoms with Crippen molar-refractivity contribution in [1.82, 2.24) is 9.78 Å². The van der Waals surface area contributed by atoms with Crippen molar-refractivity contribution >= 4 is 23.3 Å². The van der Waals surface area contributed by atoms with Crippen molar-refractivity contribution in [2.75, 3.05) is 5.32 Å². The maximum Gasteiger partial charge on any atom is 0.254 e. The lowest BCUT2D eigenvalue weighted by molar-refractivity contribution is -0.123. The van der Waals surface area contributed by atoms with Crippen LogP contribution in [0.5, 0.6) is 0 Å². The third-order valence-electron chi connectivity index (χ3n) is 2.59. The molecule has 19 heavy (non-hydrogen) atoms. The van der Waals surface area contributed by atoms with Crippen LogP contribution in [0.4, 0.5) is 5.82 Å². The Kier molecular flexibility index (Phi) is 4.19. The van der Waals surface area contributed by atoms with Crippen LogP contribution < -0.4 is 5.32 Å². The minimum absolute atomic E-state index is 0.460. The van der Waals surface area contributed by atoms with E-state index in [0.717, 1.165) is 5.56 Å². The summed E-state index contributed by atoms with van der Waals surface area (Å²) in [6.07, 6.45) is 0.534.